The summed E-state index contributed by atoms with van der Waals surface area (Å²) in [4.78, 5) is 17.4. The van der Waals surface area contributed by atoms with Gasteiger partial charge in [-0.15, -0.1) is 0 Å². The lowest BCUT2D eigenvalue weighted by Gasteiger charge is -2.27. The second kappa shape index (κ2) is 11.7. The van der Waals surface area contributed by atoms with Gasteiger partial charge in [0.15, 0.2) is 0 Å². The molecule has 2 aliphatic carbocycles. The number of nitrogens with one attached hydrogen (secondary N) is 1. The quantitative estimate of drug-likeness (QED) is 0.179. The van der Waals surface area contributed by atoms with E-state index in [0.717, 1.165) is 59.8 Å². The minimum Gasteiger partial charge on any atom is -0.375 e. The van der Waals surface area contributed by atoms with Gasteiger partial charge in [-0.1, -0.05) is 18.2 Å². The summed E-state index contributed by atoms with van der Waals surface area (Å²) in [6.45, 7) is 1.78. The van der Waals surface area contributed by atoms with Crippen LogP contribution in [0, 0.1) is 18.8 Å². The van der Waals surface area contributed by atoms with Crippen molar-refractivity contribution in [3.8, 4) is 0 Å². The fraction of sp³-hybridized carbons (Fsp3) is 0.424. The average molecular weight is 629 g/mol. The molecule has 238 valence electrons. The zero-order chi connectivity index (χ0) is 32.1. The number of rotatable bonds is 10. The number of aryl methyl sites for hydroxylation is 1. The van der Waals surface area contributed by atoms with Gasteiger partial charge in [-0.3, -0.25) is 0 Å². The van der Waals surface area contributed by atoms with Gasteiger partial charge in [0, 0.05) is 44.2 Å². The molecule has 2 saturated carbocycles. The van der Waals surface area contributed by atoms with Crippen LogP contribution in [0.2, 0.25) is 0 Å². The molecular weight excluding hydrogens is 594 g/mol. The van der Waals surface area contributed by atoms with E-state index in [4.69, 9.17) is 4.98 Å². The molecule has 0 radical (unpaired) electrons. The Bertz CT molecular complexity index is 1630. The Morgan fingerprint density at radius 1 is 0.844 bits per heavy atom. The summed E-state index contributed by atoms with van der Waals surface area (Å²) < 4.78 is 82.4. The van der Waals surface area contributed by atoms with Crippen LogP contribution in [-0.2, 0) is 25.4 Å². The maximum Gasteiger partial charge on any atom is 0.416 e. The Hall–Kier alpha value is -4.09. The molecule has 12 heteroatoms. The Balaban J connectivity index is 1.44. The zero-order valence-electron chi connectivity index (χ0n) is 25.2. The van der Waals surface area contributed by atoms with Crippen molar-refractivity contribution < 1.29 is 26.3 Å². The molecule has 6 rings (SSSR count). The van der Waals surface area contributed by atoms with Crippen LogP contribution in [0.5, 0.6) is 0 Å². The van der Waals surface area contributed by atoms with E-state index in [0.29, 0.717) is 23.3 Å². The SMILES string of the molecule is Cc1cccc2cc(CN(Cc3cc(C(F)(F)F)cc(C(F)(F)F)c3)c3ncc(N(C)C)cn3)c(NC(C3CC3)C3CC3)nc12. The van der Waals surface area contributed by atoms with Crippen LogP contribution >= 0.6 is 0 Å². The summed E-state index contributed by atoms with van der Waals surface area (Å²) in [5.74, 6) is 1.95. The first-order chi connectivity index (χ1) is 21.3. The van der Waals surface area contributed by atoms with Gasteiger partial charge in [-0.25, -0.2) is 15.0 Å². The summed E-state index contributed by atoms with van der Waals surface area (Å²) in [6, 6.07) is 9.76. The topological polar surface area (TPSA) is 57.2 Å². The van der Waals surface area contributed by atoms with Crippen molar-refractivity contribution in [2.75, 3.05) is 29.2 Å². The van der Waals surface area contributed by atoms with E-state index >= 15 is 0 Å². The predicted octanol–water partition coefficient (Wildman–Crippen LogP) is 8.24. The van der Waals surface area contributed by atoms with Crippen LogP contribution in [0.15, 0.2) is 54.9 Å². The Morgan fingerprint density at radius 2 is 1.44 bits per heavy atom. The molecule has 0 amide bonds. The van der Waals surface area contributed by atoms with Crippen molar-refractivity contribution in [1.29, 1.82) is 0 Å². The lowest BCUT2D eigenvalue weighted by Crippen LogP contribution is -2.29. The van der Waals surface area contributed by atoms with Crippen molar-refractivity contribution in [2.24, 2.45) is 11.8 Å². The van der Waals surface area contributed by atoms with E-state index in [-0.39, 0.29) is 36.7 Å². The third kappa shape index (κ3) is 7.10. The normalized spacial score (nSPS) is 15.5. The molecule has 0 atom stereocenters. The number of hydrogen-bond donors (Lipinski definition) is 1. The molecule has 2 aliphatic rings. The molecule has 2 aromatic heterocycles. The van der Waals surface area contributed by atoms with Crippen LogP contribution < -0.4 is 15.1 Å². The highest BCUT2D eigenvalue weighted by atomic mass is 19.4. The van der Waals surface area contributed by atoms with Gasteiger partial charge >= 0.3 is 12.4 Å². The van der Waals surface area contributed by atoms with Crippen molar-refractivity contribution >= 4 is 28.4 Å². The van der Waals surface area contributed by atoms with Gasteiger partial charge in [0.1, 0.15) is 5.82 Å². The highest BCUT2D eigenvalue weighted by molar-refractivity contribution is 5.84. The molecule has 0 bridgehead atoms. The second-order valence-electron chi connectivity index (χ2n) is 12.4. The average Bonchev–Trinajstić information content (AvgIpc) is 3.90. The first kappa shape index (κ1) is 30.9. The van der Waals surface area contributed by atoms with Crippen LogP contribution in [0.3, 0.4) is 0 Å². The third-order valence-corrected chi connectivity index (χ3v) is 8.50. The highest BCUT2D eigenvalue weighted by Gasteiger charge is 2.42. The molecule has 6 nitrogen and oxygen atoms in total. The number of hydrogen-bond acceptors (Lipinski definition) is 6. The van der Waals surface area contributed by atoms with Crippen molar-refractivity contribution in [2.45, 2.75) is 64.1 Å². The molecule has 0 aliphatic heterocycles. The Labute approximate surface area is 257 Å². The molecule has 4 aromatic rings. The van der Waals surface area contributed by atoms with Crippen LogP contribution in [0.4, 0.5) is 43.8 Å². The number of benzene rings is 2. The van der Waals surface area contributed by atoms with Gasteiger partial charge in [-0.2, -0.15) is 26.3 Å². The van der Waals surface area contributed by atoms with Crippen LogP contribution in [0.1, 0.15) is 53.5 Å². The minimum atomic E-state index is -4.96. The maximum absolute atomic E-state index is 13.7. The van der Waals surface area contributed by atoms with Crippen molar-refractivity contribution in [3.05, 3.63) is 82.7 Å². The Kier molecular flexibility index (Phi) is 8.03. The van der Waals surface area contributed by atoms with E-state index in [1.807, 2.05) is 45.3 Å². The summed E-state index contributed by atoms with van der Waals surface area (Å²) in [5, 5.41) is 4.59. The summed E-state index contributed by atoms with van der Waals surface area (Å²) in [6.07, 6.45) is -2.20. The molecule has 2 fully saturated rings. The number of nitrogens with zero attached hydrogens (tertiary/aromatic N) is 5. The first-order valence-electron chi connectivity index (χ1n) is 14.9. The predicted molar refractivity (Wildman–Crippen MR) is 162 cm³/mol. The van der Waals surface area contributed by atoms with Gasteiger partial charge < -0.3 is 15.1 Å². The number of para-hydroxylation sites is 1. The van der Waals surface area contributed by atoms with E-state index in [1.54, 1.807) is 22.2 Å². The lowest BCUT2D eigenvalue weighted by atomic mass is 10.0. The van der Waals surface area contributed by atoms with Gasteiger partial charge in [0.25, 0.3) is 0 Å². The van der Waals surface area contributed by atoms with Gasteiger partial charge in [0.2, 0.25) is 5.95 Å². The van der Waals surface area contributed by atoms with Gasteiger partial charge in [-0.05, 0) is 79.8 Å². The number of halogens is 6. The fourth-order valence-electron chi connectivity index (χ4n) is 5.77. The fourth-order valence-corrected chi connectivity index (χ4v) is 5.77. The molecule has 0 unspecified atom stereocenters. The standard InChI is InChI=1S/C33H34F6N6/c1-19-5-4-6-23-13-24(30(42-28(19)23)43-29(21-7-8-21)22-9-10-22)18-45(31-40-15-27(16-41-31)44(2)3)17-20-11-25(32(34,35)36)14-26(12-20)33(37,38)39/h4-6,11-16,21-22,29H,7-10,17-18H2,1-3H3,(H,42,43). The molecule has 45 heavy (non-hydrogen) atoms. The molecule has 2 aromatic carbocycles. The summed E-state index contributed by atoms with van der Waals surface area (Å²) >= 11 is 0. The largest absolute Gasteiger partial charge is 0.416 e. The van der Waals surface area contributed by atoms with Crippen LogP contribution in [-0.4, -0.2) is 35.1 Å². The molecule has 1 N–H and O–H groups in total. The van der Waals surface area contributed by atoms with E-state index in [9.17, 15) is 26.3 Å². The monoisotopic (exact) mass is 628 g/mol. The number of alkyl halides is 6. The number of anilines is 3. The zero-order valence-corrected chi connectivity index (χ0v) is 25.2. The Morgan fingerprint density at radius 3 is 1.98 bits per heavy atom. The van der Waals surface area contributed by atoms with Crippen molar-refractivity contribution in [1.82, 2.24) is 15.0 Å². The van der Waals surface area contributed by atoms with Gasteiger partial charge in [0.05, 0.1) is 34.7 Å². The molecule has 2 heterocycles. The minimum absolute atomic E-state index is 0.0974. The summed E-state index contributed by atoms with van der Waals surface area (Å²) in [7, 11) is 3.63. The lowest BCUT2D eigenvalue weighted by molar-refractivity contribution is -0.143. The van der Waals surface area contributed by atoms with E-state index in [1.165, 1.54) is 0 Å². The molecule has 0 saturated heterocycles. The smallest absolute Gasteiger partial charge is 0.375 e. The number of pyridine rings is 1. The van der Waals surface area contributed by atoms with E-state index < -0.39 is 23.5 Å². The number of fused-ring (bicyclic) bond motifs is 1. The number of aromatic nitrogens is 3. The third-order valence-electron chi connectivity index (χ3n) is 8.50. The van der Waals surface area contributed by atoms with E-state index in [2.05, 4.69) is 15.3 Å². The first-order valence-corrected chi connectivity index (χ1v) is 14.9. The molecule has 0 spiro atoms. The summed E-state index contributed by atoms with van der Waals surface area (Å²) in [5.41, 5.74) is 0.391. The maximum atomic E-state index is 13.7. The highest BCUT2D eigenvalue weighted by Crippen LogP contribution is 2.46. The van der Waals surface area contributed by atoms with Crippen LogP contribution in [0.25, 0.3) is 10.9 Å². The second-order valence-corrected chi connectivity index (χ2v) is 12.4. The van der Waals surface area contributed by atoms with Crippen molar-refractivity contribution in [3.63, 3.8) is 0 Å². The molecular formula is C33H34F6N6.